The minimum atomic E-state index is 0.548. The smallest absolute Gasteiger partial charge is 0.0510 e. The molecule has 0 aliphatic carbocycles. The quantitative estimate of drug-likeness (QED) is 0.711. The summed E-state index contributed by atoms with van der Waals surface area (Å²) in [6, 6.07) is 15.0. The third-order valence-corrected chi connectivity index (χ3v) is 3.61. The maximum Gasteiger partial charge on any atom is 0.0510 e. The lowest BCUT2D eigenvalue weighted by atomic mass is 10.0. The summed E-state index contributed by atoms with van der Waals surface area (Å²) in [5.41, 5.74) is 13.2. The molecule has 0 bridgehead atoms. The van der Waals surface area contributed by atoms with Crippen molar-refractivity contribution >= 4 is 10.9 Å². The van der Waals surface area contributed by atoms with E-state index in [0.717, 1.165) is 11.2 Å². The van der Waals surface area contributed by atoms with Gasteiger partial charge in [0.1, 0.15) is 0 Å². The highest BCUT2D eigenvalue weighted by Gasteiger charge is 2.11. The van der Waals surface area contributed by atoms with Gasteiger partial charge >= 0.3 is 0 Å². The third kappa shape index (κ3) is 2.04. The number of fused-ring (bicyclic) bond motifs is 1. The van der Waals surface area contributed by atoms with Crippen LogP contribution in [0.5, 0.6) is 0 Å². The largest absolute Gasteiger partial charge is 0.354 e. The molecule has 1 heterocycles. The molecule has 0 atom stereocenters. The van der Waals surface area contributed by atoms with E-state index in [1.54, 1.807) is 0 Å². The molecular weight excluding hydrogens is 232 g/mol. The van der Waals surface area contributed by atoms with Crippen molar-refractivity contribution < 1.29 is 0 Å². The summed E-state index contributed by atoms with van der Waals surface area (Å²) in [5.74, 6) is 0. The predicted molar refractivity (Wildman–Crippen MR) is 81.1 cm³/mol. The van der Waals surface area contributed by atoms with Gasteiger partial charge in [-0.05, 0) is 37.1 Å². The second-order valence-electron chi connectivity index (χ2n) is 5.10. The maximum absolute atomic E-state index is 5.96. The van der Waals surface area contributed by atoms with Crippen LogP contribution in [0.2, 0.25) is 0 Å². The molecule has 0 saturated heterocycles. The van der Waals surface area contributed by atoms with E-state index in [0.29, 0.717) is 6.54 Å². The first-order valence-electron chi connectivity index (χ1n) is 6.57. The van der Waals surface area contributed by atoms with Crippen LogP contribution < -0.4 is 5.73 Å². The Morgan fingerprint density at radius 1 is 0.947 bits per heavy atom. The van der Waals surface area contributed by atoms with Gasteiger partial charge in [-0.1, -0.05) is 41.5 Å². The van der Waals surface area contributed by atoms with E-state index in [2.05, 4.69) is 61.3 Å². The molecule has 0 unspecified atom stereocenters. The van der Waals surface area contributed by atoms with Crippen LogP contribution >= 0.6 is 0 Å². The van der Waals surface area contributed by atoms with E-state index in [1.165, 1.54) is 27.6 Å². The van der Waals surface area contributed by atoms with Crippen molar-refractivity contribution in [1.29, 1.82) is 0 Å². The van der Waals surface area contributed by atoms with Crippen LogP contribution in [0.25, 0.3) is 22.2 Å². The van der Waals surface area contributed by atoms with Gasteiger partial charge in [0.15, 0.2) is 0 Å². The molecule has 0 spiro atoms. The summed E-state index contributed by atoms with van der Waals surface area (Å²) in [7, 11) is 0. The molecule has 1 aromatic heterocycles. The van der Waals surface area contributed by atoms with E-state index in [4.69, 9.17) is 5.73 Å². The average molecular weight is 250 g/mol. The van der Waals surface area contributed by atoms with Gasteiger partial charge in [-0.2, -0.15) is 0 Å². The Bertz CT molecular complexity index is 721. The van der Waals surface area contributed by atoms with Crippen LogP contribution in [0.4, 0.5) is 0 Å². The molecule has 19 heavy (non-hydrogen) atoms. The first-order chi connectivity index (χ1) is 9.19. The summed E-state index contributed by atoms with van der Waals surface area (Å²) in [4.78, 5) is 3.50. The number of hydrogen-bond donors (Lipinski definition) is 2. The van der Waals surface area contributed by atoms with Gasteiger partial charge in [-0.15, -0.1) is 0 Å². The number of aromatic amines is 1. The van der Waals surface area contributed by atoms with Crippen molar-refractivity contribution in [3.63, 3.8) is 0 Å². The van der Waals surface area contributed by atoms with Gasteiger partial charge in [-0.3, -0.25) is 0 Å². The topological polar surface area (TPSA) is 41.8 Å². The zero-order valence-corrected chi connectivity index (χ0v) is 11.3. The monoisotopic (exact) mass is 250 g/mol. The number of aromatic nitrogens is 1. The Kier molecular flexibility index (Phi) is 2.88. The molecule has 3 aromatic rings. The molecule has 2 aromatic carbocycles. The Morgan fingerprint density at radius 3 is 2.32 bits per heavy atom. The van der Waals surface area contributed by atoms with Gasteiger partial charge in [0.2, 0.25) is 0 Å². The lowest BCUT2D eigenvalue weighted by Gasteiger charge is -2.03. The van der Waals surface area contributed by atoms with Crippen LogP contribution in [0.15, 0.2) is 42.5 Å². The molecule has 0 radical (unpaired) electrons. The van der Waals surface area contributed by atoms with Crippen LogP contribution in [0.1, 0.15) is 16.7 Å². The Labute approximate surface area is 113 Å². The number of nitrogens with two attached hydrogens (primary N) is 1. The number of nitrogens with one attached hydrogen (secondary N) is 1. The molecule has 0 amide bonds. The van der Waals surface area contributed by atoms with Crippen molar-refractivity contribution in [3.05, 3.63) is 59.2 Å². The van der Waals surface area contributed by atoms with Crippen LogP contribution in [0, 0.1) is 13.8 Å². The standard InChI is InChI=1S/C17H18N2/c1-11-3-6-13(7-4-11)17-15(10-18)14-9-12(2)5-8-16(14)19-17/h3-9,19H,10,18H2,1-2H3. The second-order valence-corrected chi connectivity index (χ2v) is 5.10. The maximum atomic E-state index is 5.96. The van der Waals surface area contributed by atoms with Gasteiger partial charge in [0, 0.05) is 17.4 Å². The summed E-state index contributed by atoms with van der Waals surface area (Å²) in [6.07, 6.45) is 0. The fourth-order valence-electron chi connectivity index (χ4n) is 2.54. The fourth-order valence-corrected chi connectivity index (χ4v) is 2.54. The zero-order chi connectivity index (χ0) is 13.4. The van der Waals surface area contributed by atoms with E-state index >= 15 is 0 Å². The molecule has 96 valence electrons. The Morgan fingerprint density at radius 2 is 1.63 bits per heavy atom. The first-order valence-corrected chi connectivity index (χ1v) is 6.57. The molecule has 0 aliphatic rings. The minimum absolute atomic E-state index is 0.548. The summed E-state index contributed by atoms with van der Waals surface area (Å²) < 4.78 is 0. The highest BCUT2D eigenvalue weighted by molar-refractivity contribution is 5.91. The highest BCUT2D eigenvalue weighted by Crippen LogP contribution is 2.30. The Hall–Kier alpha value is -2.06. The van der Waals surface area contributed by atoms with Crippen molar-refractivity contribution in [1.82, 2.24) is 4.98 Å². The van der Waals surface area contributed by atoms with Crippen molar-refractivity contribution in [2.75, 3.05) is 0 Å². The Balaban J connectivity index is 2.25. The molecule has 3 rings (SSSR count). The van der Waals surface area contributed by atoms with Crippen LogP contribution in [-0.2, 0) is 6.54 Å². The summed E-state index contributed by atoms with van der Waals surface area (Å²) in [6.45, 7) is 4.76. The lowest BCUT2D eigenvalue weighted by Crippen LogP contribution is -1.97. The van der Waals surface area contributed by atoms with E-state index < -0.39 is 0 Å². The highest BCUT2D eigenvalue weighted by atomic mass is 14.7. The lowest BCUT2D eigenvalue weighted by molar-refractivity contribution is 1.09. The van der Waals surface area contributed by atoms with Gasteiger partial charge in [0.05, 0.1) is 5.69 Å². The predicted octanol–water partition coefficient (Wildman–Crippen LogP) is 3.91. The fraction of sp³-hybridized carbons (Fsp3) is 0.176. The molecule has 3 N–H and O–H groups in total. The second kappa shape index (κ2) is 4.56. The number of aryl methyl sites for hydroxylation is 2. The molecule has 0 saturated carbocycles. The average Bonchev–Trinajstić information content (AvgIpc) is 2.77. The SMILES string of the molecule is Cc1ccc(-c2[nH]c3ccc(C)cc3c2CN)cc1. The van der Waals surface area contributed by atoms with E-state index in [1.807, 2.05) is 0 Å². The first kappa shape index (κ1) is 12.0. The number of hydrogen-bond acceptors (Lipinski definition) is 1. The van der Waals surface area contributed by atoms with E-state index in [9.17, 15) is 0 Å². The normalized spacial score (nSPS) is 11.1. The molecule has 0 aliphatic heterocycles. The summed E-state index contributed by atoms with van der Waals surface area (Å²) in [5, 5.41) is 1.23. The zero-order valence-electron chi connectivity index (χ0n) is 11.3. The molecule has 2 nitrogen and oxygen atoms in total. The van der Waals surface area contributed by atoms with Gasteiger partial charge in [0.25, 0.3) is 0 Å². The van der Waals surface area contributed by atoms with Crippen LogP contribution in [0.3, 0.4) is 0 Å². The number of benzene rings is 2. The third-order valence-electron chi connectivity index (χ3n) is 3.61. The number of rotatable bonds is 2. The molecule has 0 fully saturated rings. The summed E-state index contributed by atoms with van der Waals surface area (Å²) >= 11 is 0. The van der Waals surface area contributed by atoms with Crippen molar-refractivity contribution in [2.24, 2.45) is 5.73 Å². The van der Waals surface area contributed by atoms with Gasteiger partial charge in [-0.25, -0.2) is 0 Å². The van der Waals surface area contributed by atoms with Gasteiger partial charge < -0.3 is 10.7 Å². The minimum Gasteiger partial charge on any atom is -0.354 e. The van der Waals surface area contributed by atoms with Crippen LogP contribution in [-0.4, -0.2) is 4.98 Å². The van der Waals surface area contributed by atoms with E-state index in [-0.39, 0.29) is 0 Å². The molecule has 2 heteroatoms. The number of H-pyrrole nitrogens is 1. The molecular formula is C17H18N2. The van der Waals surface area contributed by atoms with Crippen molar-refractivity contribution in [2.45, 2.75) is 20.4 Å². The van der Waals surface area contributed by atoms with Crippen molar-refractivity contribution in [3.8, 4) is 11.3 Å².